The van der Waals surface area contributed by atoms with E-state index in [0.29, 0.717) is 11.6 Å². The van der Waals surface area contributed by atoms with Gasteiger partial charge < -0.3 is 5.32 Å². The van der Waals surface area contributed by atoms with Gasteiger partial charge in [-0.1, -0.05) is 19.8 Å². The van der Waals surface area contributed by atoms with Gasteiger partial charge in [-0.3, -0.25) is 9.78 Å². The smallest absolute Gasteiger partial charge is 0.253 e. The number of hydrogen-bond acceptors (Lipinski definition) is 2. The van der Waals surface area contributed by atoms with E-state index in [2.05, 4.69) is 33.2 Å². The van der Waals surface area contributed by atoms with Crippen LogP contribution in [0.4, 0.5) is 0 Å². The van der Waals surface area contributed by atoms with E-state index in [1.165, 1.54) is 12.8 Å². The molecule has 0 saturated heterocycles. The second-order valence-electron chi connectivity index (χ2n) is 4.65. The van der Waals surface area contributed by atoms with Crippen molar-refractivity contribution < 1.29 is 4.79 Å². The van der Waals surface area contributed by atoms with Gasteiger partial charge in [0.05, 0.1) is 5.56 Å². The molecular weight excluding hydrogens is 280 g/mol. The zero-order valence-electron chi connectivity index (χ0n) is 9.95. The molecule has 1 fully saturated rings. The Morgan fingerprint density at radius 2 is 2.35 bits per heavy atom. The lowest BCUT2D eigenvalue weighted by Crippen LogP contribution is -2.34. The Labute approximate surface area is 110 Å². The highest BCUT2D eigenvalue weighted by Crippen LogP contribution is 2.34. The Morgan fingerprint density at radius 1 is 1.59 bits per heavy atom. The van der Waals surface area contributed by atoms with E-state index < -0.39 is 0 Å². The van der Waals surface area contributed by atoms with Crippen molar-refractivity contribution in [3.05, 3.63) is 28.5 Å². The average molecular weight is 297 g/mol. The van der Waals surface area contributed by atoms with Gasteiger partial charge in [-0.05, 0) is 40.8 Å². The molecule has 0 aromatic carbocycles. The first kappa shape index (κ1) is 12.6. The maximum Gasteiger partial charge on any atom is 0.253 e. The Hall–Kier alpha value is -0.900. The summed E-state index contributed by atoms with van der Waals surface area (Å²) in [6.45, 7) is 2.12. The fraction of sp³-hybridized carbons (Fsp3) is 0.538. The molecule has 1 aromatic heterocycles. The standard InChI is InChI=1S/C13H17BrN2O/c1-2-12(5-9-3-4-9)16-13(17)10-6-11(14)8-15-7-10/h6-9,12H,2-5H2,1H3,(H,16,17). The number of halogens is 1. The summed E-state index contributed by atoms with van der Waals surface area (Å²) in [7, 11) is 0. The Morgan fingerprint density at radius 3 is 2.94 bits per heavy atom. The molecule has 0 aliphatic heterocycles. The third kappa shape index (κ3) is 3.80. The van der Waals surface area contributed by atoms with E-state index in [4.69, 9.17) is 0 Å². The van der Waals surface area contributed by atoms with Gasteiger partial charge in [-0.2, -0.15) is 0 Å². The van der Waals surface area contributed by atoms with Crippen molar-refractivity contribution in [1.29, 1.82) is 0 Å². The number of aromatic nitrogens is 1. The summed E-state index contributed by atoms with van der Waals surface area (Å²) in [4.78, 5) is 16.0. The molecule has 1 aromatic rings. The zero-order chi connectivity index (χ0) is 12.3. The first-order valence-electron chi connectivity index (χ1n) is 6.10. The Bertz CT molecular complexity index is 404. The van der Waals surface area contributed by atoms with Crippen molar-refractivity contribution in [3.8, 4) is 0 Å². The van der Waals surface area contributed by atoms with Crippen LogP contribution in [0.2, 0.25) is 0 Å². The number of nitrogens with one attached hydrogen (secondary N) is 1. The van der Waals surface area contributed by atoms with Crippen molar-refractivity contribution in [3.63, 3.8) is 0 Å². The normalized spacial score (nSPS) is 16.6. The van der Waals surface area contributed by atoms with Crippen molar-refractivity contribution >= 4 is 21.8 Å². The minimum Gasteiger partial charge on any atom is -0.349 e. The molecule has 2 rings (SSSR count). The molecule has 1 saturated carbocycles. The van der Waals surface area contributed by atoms with Crippen LogP contribution in [0, 0.1) is 5.92 Å². The van der Waals surface area contributed by atoms with Gasteiger partial charge in [-0.15, -0.1) is 0 Å². The van der Waals surface area contributed by atoms with Crippen molar-refractivity contribution in [1.82, 2.24) is 10.3 Å². The second kappa shape index (κ2) is 5.63. The highest BCUT2D eigenvalue weighted by Gasteiger charge is 2.25. The first-order valence-corrected chi connectivity index (χ1v) is 6.89. The fourth-order valence-electron chi connectivity index (χ4n) is 1.89. The predicted molar refractivity (Wildman–Crippen MR) is 70.8 cm³/mol. The van der Waals surface area contributed by atoms with Crippen LogP contribution in [-0.2, 0) is 0 Å². The second-order valence-corrected chi connectivity index (χ2v) is 5.57. The molecule has 92 valence electrons. The average Bonchev–Trinajstić information content (AvgIpc) is 3.12. The van der Waals surface area contributed by atoms with Gasteiger partial charge in [0.15, 0.2) is 0 Å². The molecule has 3 nitrogen and oxygen atoms in total. The van der Waals surface area contributed by atoms with Crippen LogP contribution < -0.4 is 5.32 Å². The summed E-state index contributed by atoms with van der Waals surface area (Å²) in [5.41, 5.74) is 0.619. The molecule has 0 radical (unpaired) electrons. The van der Waals surface area contributed by atoms with Crippen molar-refractivity contribution in [2.75, 3.05) is 0 Å². The van der Waals surface area contributed by atoms with Gasteiger partial charge in [0, 0.05) is 22.9 Å². The summed E-state index contributed by atoms with van der Waals surface area (Å²) in [5.74, 6) is 0.812. The van der Waals surface area contributed by atoms with Crippen LogP contribution in [-0.4, -0.2) is 16.9 Å². The quantitative estimate of drug-likeness (QED) is 0.907. The third-order valence-electron chi connectivity index (χ3n) is 3.11. The summed E-state index contributed by atoms with van der Waals surface area (Å²) in [6, 6.07) is 2.10. The summed E-state index contributed by atoms with van der Waals surface area (Å²) in [6.07, 6.45) is 8.03. The van der Waals surface area contributed by atoms with Crippen LogP contribution in [0.5, 0.6) is 0 Å². The first-order chi connectivity index (χ1) is 8.19. The molecule has 0 spiro atoms. The lowest BCUT2D eigenvalue weighted by atomic mass is 10.1. The molecule has 1 amide bonds. The van der Waals surface area contributed by atoms with Crippen molar-refractivity contribution in [2.24, 2.45) is 5.92 Å². The van der Waals surface area contributed by atoms with Gasteiger partial charge in [-0.25, -0.2) is 0 Å². The largest absolute Gasteiger partial charge is 0.349 e. The van der Waals surface area contributed by atoms with Crippen LogP contribution >= 0.6 is 15.9 Å². The zero-order valence-corrected chi connectivity index (χ0v) is 11.5. The van der Waals surface area contributed by atoms with E-state index >= 15 is 0 Å². The van der Waals surface area contributed by atoms with E-state index in [9.17, 15) is 4.79 Å². The van der Waals surface area contributed by atoms with Gasteiger partial charge in [0.25, 0.3) is 5.91 Å². The van der Waals surface area contributed by atoms with E-state index in [-0.39, 0.29) is 5.91 Å². The Balaban J connectivity index is 1.94. The van der Waals surface area contributed by atoms with E-state index in [1.807, 2.05) is 0 Å². The number of rotatable bonds is 5. The molecule has 1 atom stereocenters. The molecular formula is C13H17BrN2O. The summed E-state index contributed by atoms with van der Waals surface area (Å²) >= 11 is 3.32. The van der Waals surface area contributed by atoms with Crippen molar-refractivity contribution in [2.45, 2.75) is 38.6 Å². The van der Waals surface area contributed by atoms with Gasteiger partial charge in [0.2, 0.25) is 0 Å². The fourth-order valence-corrected chi connectivity index (χ4v) is 2.25. The lowest BCUT2D eigenvalue weighted by molar-refractivity contribution is 0.0932. The number of pyridine rings is 1. The third-order valence-corrected chi connectivity index (χ3v) is 3.54. The maximum absolute atomic E-state index is 12.0. The Kier molecular flexibility index (Phi) is 4.15. The van der Waals surface area contributed by atoms with Gasteiger partial charge >= 0.3 is 0 Å². The number of amides is 1. The number of carbonyl (C=O) groups excluding carboxylic acids is 1. The molecule has 1 aliphatic carbocycles. The topological polar surface area (TPSA) is 42.0 Å². The minimum atomic E-state index is -0.0219. The summed E-state index contributed by atoms with van der Waals surface area (Å²) < 4.78 is 0.834. The molecule has 17 heavy (non-hydrogen) atoms. The molecule has 1 aliphatic rings. The molecule has 1 N–H and O–H groups in total. The minimum absolute atomic E-state index is 0.0219. The maximum atomic E-state index is 12.0. The van der Waals surface area contributed by atoms with E-state index in [1.54, 1.807) is 18.5 Å². The van der Waals surface area contributed by atoms with Gasteiger partial charge in [0.1, 0.15) is 0 Å². The highest BCUT2D eigenvalue weighted by molar-refractivity contribution is 9.10. The van der Waals surface area contributed by atoms with Crippen LogP contribution in [0.15, 0.2) is 22.9 Å². The molecule has 1 heterocycles. The predicted octanol–water partition coefficient (Wildman–Crippen LogP) is 3.15. The molecule has 0 bridgehead atoms. The molecule has 4 heteroatoms. The highest BCUT2D eigenvalue weighted by atomic mass is 79.9. The van der Waals surface area contributed by atoms with Crippen LogP contribution in [0.3, 0.4) is 0 Å². The SMILES string of the molecule is CCC(CC1CC1)NC(=O)c1cncc(Br)c1. The van der Waals surface area contributed by atoms with Crippen LogP contribution in [0.25, 0.3) is 0 Å². The number of hydrogen-bond donors (Lipinski definition) is 1. The molecule has 1 unspecified atom stereocenters. The van der Waals surface area contributed by atoms with Crippen LogP contribution in [0.1, 0.15) is 43.0 Å². The lowest BCUT2D eigenvalue weighted by Gasteiger charge is -2.16. The monoisotopic (exact) mass is 296 g/mol. The summed E-state index contributed by atoms with van der Waals surface area (Å²) in [5, 5.41) is 3.08. The van der Waals surface area contributed by atoms with E-state index in [0.717, 1.165) is 23.2 Å². The number of carbonyl (C=O) groups is 1. The number of nitrogens with zero attached hydrogens (tertiary/aromatic N) is 1.